The molecular weight excluding hydrogens is 664 g/mol. The summed E-state index contributed by atoms with van der Waals surface area (Å²) < 4.78 is 23.0. The van der Waals surface area contributed by atoms with Gasteiger partial charge in [-0.25, -0.2) is 4.79 Å². The summed E-state index contributed by atoms with van der Waals surface area (Å²) in [5.74, 6) is 0.545. The van der Waals surface area contributed by atoms with Crippen molar-refractivity contribution in [3.63, 3.8) is 0 Å². The lowest BCUT2D eigenvalue weighted by Crippen LogP contribution is -2.44. The zero-order valence-electron chi connectivity index (χ0n) is 28.5. The third-order valence-corrected chi connectivity index (χ3v) is 16.1. The van der Waals surface area contributed by atoms with E-state index in [1.807, 2.05) is 19.1 Å². The topological polar surface area (TPSA) is 66.0 Å². The minimum absolute atomic E-state index is 0.417. The van der Waals surface area contributed by atoms with Gasteiger partial charge in [0.05, 0.1) is 0 Å². The first-order chi connectivity index (χ1) is 24.0. The van der Waals surface area contributed by atoms with Gasteiger partial charge in [0.15, 0.2) is 0 Å². The predicted octanol–water partition coefficient (Wildman–Crippen LogP) is 7.70. The molecule has 0 bridgehead atoms. The van der Waals surface area contributed by atoms with Gasteiger partial charge in [0.2, 0.25) is 0 Å². The number of amides is 1. The van der Waals surface area contributed by atoms with E-state index < -0.39 is 30.7 Å². The highest BCUT2D eigenvalue weighted by atomic mass is 31.1. The Kier molecular flexibility index (Phi) is 14.1. The first kappa shape index (κ1) is 36.6. The second kappa shape index (κ2) is 18.9. The van der Waals surface area contributed by atoms with E-state index in [9.17, 15) is 4.79 Å². The first-order valence-electron chi connectivity index (χ1n) is 16.6. The van der Waals surface area contributed by atoms with Crippen LogP contribution in [-0.2, 0) is 25.6 Å². The van der Waals surface area contributed by atoms with Gasteiger partial charge >= 0.3 is 14.9 Å². The molecular formula is C40H45NO5P2Si. The third-order valence-electron chi connectivity index (χ3n) is 8.10. The van der Waals surface area contributed by atoms with Crippen LogP contribution in [0.5, 0.6) is 5.75 Å². The second-order valence-electron chi connectivity index (χ2n) is 11.4. The molecule has 0 aromatic heterocycles. The lowest BCUT2D eigenvalue weighted by atomic mass is 10.1. The summed E-state index contributed by atoms with van der Waals surface area (Å²) >= 11 is 0. The highest BCUT2D eigenvalue weighted by Gasteiger charge is 2.37. The molecule has 254 valence electrons. The van der Waals surface area contributed by atoms with Crippen LogP contribution in [-0.4, -0.2) is 42.3 Å². The van der Waals surface area contributed by atoms with E-state index in [1.165, 1.54) is 21.2 Å². The molecule has 5 aromatic carbocycles. The molecule has 0 saturated heterocycles. The Balaban J connectivity index is 1.42. The maximum atomic E-state index is 13.1. The summed E-state index contributed by atoms with van der Waals surface area (Å²) in [6.07, 6.45) is 1.80. The number of hydrogen-bond acceptors (Lipinski definition) is 5. The highest BCUT2D eigenvalue weighted by molar-refractivity contribution is 7.72. The molecule has 0 aliphatic heterocycles. The largest absolute Gasteiger partial charge is 0.500 e. The van der Waals surface area contributed by atoms with Crippen LogP contribution in [0.4, 0.5) is 4.79 Å². The molecule has 6 nitrogen and oxygen atoms in total. The van der Waals surface area contributed by atoms with Crippen molar-refractivity contribution >= 4 is 52.0 Å². The Labute approximate surface area is 294 Å². The summed E-state index contributed by atoms with van der Waals surface area (Å²) in [7, 11) is -0.898. The third kappa shape index (κ3) is 10.7. The van der Waals surface area contributed by atoms with E-state index in [4.69, 9.17) is 18.0 Å². The van der Waals surface area contributed by atoms with Crippen LogP contribution in [0.25, 0.3) is 0 Å². The van der Waals surface area contributed by atoms with E-state index in [0.29, 0.717) is 31.4 Å². The van der Waals surface area contributed by atoms with Crippen LogP contribution in [0.3, 0.4) is 0 Å². The summed E-state index contributed by atoms with van der Waals surface area (Å²) in [6, 6.07) is 49.8. The predicted molar refractivity (Wildman–Crippen MR) is 207 cm³/mol. The van der Waals surface area contributed by atoms with Crippen molar-refractivity contribution < 1.29 is 22.8 Å². The number of ether oxygens (including phenoxy) is 1. The number of nitrogens with one attached hydrogen (secondary N) is 1. The van der Waals surface area contributed by atoms with Crippen LogP contribution < -0.4 is 31.3 Å². The lowest BCUT2D eigenvalue weighted by molar-refractivity contribution is 0.103. The maximum Gasteiger partial charge on any atom is 0.500 e. The zero-order chi connectivity index (χ0) is 34.3. The Morgan fingerprint density at radius 2 is 1.04 bits per heavy atom. The molecule has 0 aliphatic carbocycles. The van der Waals surface area contributed by atoms with Crippen molar-refractivity contribution in [2.75, 3.05) is 27.4 Å². The van der Waals surface area contributed by atoms with Gasteiger partial charge in [-0.15, -0.1) is 0 Å². The molecule has 49 heavy (non-hydrogen) atoms. The molecule has 5 rings (SSSR count). The summed E-state index contributed by atoms with van der Waals surface area (Å²) in [5, 5.41) is 8.16. The van der Waals surface area contributed by atoms with Crippen molar-refractivity contribution in [1.82, 2.24) is 5.32 Å². The maximum absolute atomic E-state index is 13.1. The molecule has 0 fully saturated rings. The van der Waals surface area contributed by atoms with Gasteiger partial charge in [-0.3, -0.25) is 0 Å². The number of hydrogen-bond donors (Lipinski definition) is 1. The van der Waals surface area contributed by atoms with Gasteiger partial charge in [-0.2, -0.15) is 0 Å². The van der Waals surface area contributed by atoms with Crippen molar-refractivity contribution in [3.05, 3.63) is 151 Å². The van der Waals surface area contributed by atoms with Crippen LogP contribution in [0, 0.1) is 0 Å². The van der Waals surface area contributed by atoms with Crippen molar-refractivity contribution in [3.8, 4) is 5.75 Å². The molecule has 5 aromatic rings. The summed E-state index contributed by atoms with van der Waals surface area (Å²) in [6.45, 7) is 2.85. The monoisotopic (exact) mass is 709 g/mol. The Bertz CT molecular complexity index is 1530. The Morgan fingerprint density at radius 3 is 1.41 bits per heavy atom. The fourth-order valence-corrected chi connectivity index (χ4v) is 12.3. The van der Waals surface area contributed by atoms with Gasteiger partial charge in [-0.05, 0) is 73.7 Å². The number of carbonyl (C=O) groups is 1. The van der Waals surface area contributed by atoms with Crippen LogP contribution >= 0.6 is 15.8 Å². The molecule has 0 radical (unpaired) electrons. The molecule has 1 amide bonds. The van der Waals surface area contributed by atoms with Crippen molar-refractivity contribution in [2.45, 2.75) is 31.7 Å². The van der Waals surface area contributed by atoms with Gasteiger partial charge in [-0.1, -0.05) is 127 Å². The number of benzene rings is 5. The summed E-state index contributed by atoms with van der Waals surface area (Å²) in [5.41, 5.74) is 2.28. The van der Waals surface area contributed by atoms with Crippen LogP contribution in [0.15, 0.2) is 140 Å². The van der Waals surface area contributed by atoms with E-state index in [2.05, 4.69) is 133 Å². The molecule has 0 saturated carbocycles. The average Bonchev–Trinajstić information content (AvgIpc) is 3.15. The Hall–Kier alpha value is -3.67. The minimum Gasteiger partial charge on any atom is -0.410 e. The lowest BCUT2D eigenvalue weighted by Gasteiger charge is -2.25. The van der Waals surface area contributed by atoms with Crippen LogP contribution in [0.2, 0.25) is 6.04 Å². The highest BCUT2D eigenvalue weighted by Crippen LogP contribution is 2.42. The van der Waals surface area contributed by atoms with Gasteiger partial charge < -0.3 is 23.3 Å². The normalized spacial score (nSPS) is 11.5. The Morgan fingerprint density at radius 1 is 0.633 bits per heavy atom. The fourth-order valence-electron chi connectivity index (χ4n) is 5.77. The molecule has 1 N–H and O–H groups in total. The van der Waals surface area contributed by atoms with E-state index in [0.717, 1.165) is 23.5 Å². The standard InChI is InChI=1S/C40H45NO5P2Si/c1-4-45-49(43-2,44-3)27-17-26-41-40(42)46-35-29-33(31-47(36-18-9-5-10-19-36)37-20-11-6-12-21-37)28-34(30-35)32-48(38-22-13-7-14-23-38)39-24-15-8-16-25-39/h5-16,18-25,28-30H,4,17,26-27,31-32H2,1-3H3,(H,41,42). The number of rotatable bonds is 17. The summed E-state index contributed by atoms with van der Waals surface area (Å²) in [4.78, 5) is 13.1. The molecule has 0 heterocycles. The average molecular weight is 710 g/mol. The fraction of sp³-hybridized carbons (Fsp3) is 0.225. The molecule has 0 aliphatic rings. The van der Waals surface area contributed by atoms with Gasteiger partial charge in [0, 0.05) is 45.7 Å². The van der Waals surface area contributed by atoms with Crippen molar-refractivity contribution in [1.29, 1.82) is 0 Å². The smallest absolute Gasteiger partial charge is 0.410 e. The second-order valence-corrected chi connectivity index (χ2v) is 18.8. The zero-order valence-corrected chi connectivity index (χ0v) is 31.2. The van der Waals surface area contributed by atoms with Gasteiger partial charge in [0.25, 0.3) is 0 Å². The molecule has 9 heteroatoms. The number of carbonyl (C=O) groups excluding carboxylic acids is 1. The SMILES string of the molecule is CCO[Si](CCCNC(=O)Oc1cc(CP(c2ccccc2)c2ccccc2)cc(CP(c2ccccc2)c2ccccc2)c1)(OC)OC. The van der Waals surface area contributed by atoms with E-state index in [-0.39, 0.29) is 0 Å². The molecule has 0 spiro atoms. The van der Waals surface area contributed by atoms with Crippen LogP contribution in [0.1, 0.15) is 24.5 Å². The van der Waals surface area contributed by atoms with Crippen molar-refractivity contribution in [2.24, 2.45) is 0 Å². The molecule has 0 atom stereocenters. The van der Waals surface area contributed by atoms with Gasteiger partial charge in [0.1, 0.15) is 5.75 Å². The van der Waals surface area contributed by atoms with E-state index in [1.54, 1.807) is 14.2 Å². The molecule has 0 unspecified atom stereocenters. The quantitative estimate of drug-likeness (QED) is 0.0610. The first-order valence-corrected chi connectivity index (χ1v) is 21.6. The minimum atomic E-state index is -2.74. The van der Waals surface area contributed by atoms with E-state index >= 15 is 0 Å².